The van der Waals surface area contributed by atoms with E-state index in [2.05, 4.69) is 66.5 Å². The quantitative estimate of drug-likeness (QED) is 0.398. The smallest absolute Gasteiger partial charge is 0.159 e. The van der Waals surface area contributed by atoms with Gasteiger partial charge in [-0.15, -0.1) is 0 Å². The second-order valence-corrected chi connectivity index (χ2v) is 17.5. The molecule has 0 aromatic heterocycles. The fraction of sp³-hybridized carbons (Fsp3) is 0.889. The number of fused-ring (bicyclic) bond motifs is 7. The molecular weight excluding hydrogens is 494 g/mol. The average Bonchev–Trinajstić information content (AvgIpc) is 3.28. The number of rotatable bonds is 3. The van der Waals surface area contributed by atoms with E-state index in [9.17, 15) is 14.7 Å². The predicted octanol–water partition coefficient (Wildman–Crippen LogP) is 7.38. The molecule has 0 spiro atoms. The molecule has 5 fully saturated rings. The van der Waals surface area contributed by atoms with Gasteiger partial charge in [0.2, 0.25) is 0 Å². The van der Waals surface area contributed by atoms with E-state index in [1.165, 1.54) is 18.4 Å². The van der Waals surface area contributed by atoms with E-state index >= 15 is 0 Å². The third-order valence-electron chi connectivity index (χ3n) is 15.3. The summed E-state index contributed by atoms with van der Waals surface area (Å²) >= 11 is 0. The largest absolute Gasteiger partial charge is 0.393 e. The molecular formula is C36H57NO3. The van der Waals surface area contributed by atoms with Crippen LogP contribution < -0.4 is 0 Å². The molecule has 40 heavy (non-hydrogen) atoms. The van der Waals surface area contributed by atoms with Gasteiger partial charge in [0.05, 0.1) is 6.10 Å². The van der Waals surface area contributed by atoms with Gasteiger partial charge in [-0.05, 0) is 129 Å². The second-order valence-electron chi connectivity index (χ2n) is 17.5. The highest BCUT2D eigenvalue weighted by molar-refractivity contribution is 5.96. The van der Waals surface area contributed by atoms with Gasteiger partial charge in [-0.1, -0.05) is 54.0 Å². The Morgan fingerprint density at radius 3 is 2.33 bits per heavy atom. The third kappa shape index (κ3) is 3.76. The molecule has 4 saturated carbocycles. The Morgan fingerprint density at radius 1 is 0.950 bits per heavy atom. The highest BCUT2D eigenvalue weighted by Gasteiger charge is 2.70. The minimum Gasteiger partial charge on any atom is -0.393 e. The number of carbonyl (C=O) groups is 2. The first-order chi connectivity index (χ1) is 18.5. The van der Waals surface area contributed by atoms with Gasteiger partial charge in [0.1, 0.15) is 5.78 Å². The van der Waals surface area contributed by atoms with Gasteiger partial charge < -0.3 is 10.0 Å². The van der Waals surface area contributed by atoms with Crippen LogP contribution in [-0.2, 0) is 9.59 Å². The zero-order valence-corrected chi connectivity index (χ0v) is 26.9. The van der Waals surface area contributed by atoms with Crippen LogP contribution in [0.3, 0.4) is 0 Å². The van der Waals surface area contributed by atoms with Crippen molar-refractivity contribution < 1.29 is 14.7 Å². The first-order valence-electron chi connectivity index (χ1n) is 16.7. The van der Waals surface area contributed by atoms with Crippen LogP contribution in [0.25, 0.3) is 0 Å². The maximum atomic E-state index is 14.5. The van der Waals surface area contributed by atoms with Crippen LogP contribution in [0.15, 0.2) is 11.6 Å². The predicted molar refractivity (Wildman–Crippen MR) is 161 cm³/mol. The molecule has 0 aromatic rings. The Hall–Kier alpha value is -1.00. The highest BCUT2D eigenvalue weighted by atomic mass is 16.3. The molecule has 1 saturated heterocycles. The van der Waals surface area contributed by atoms with Gasteiger partial charge in [-0.3, -0.25) is 9.59 Å². The van der Waals surface area contributed by atoms with Crippen molar-refractivity contribution in [3.63, 3.8) is 0 Å². The third-order valence-corrected chi connectivity index (χ3v) is 15.3. The lowest BCUT2D eigenvalue weighted by Gasteiger charge is -2.70. The normalized spacial score (nSPS) is 52.2. The first-order valence-corrected chi connectivity index (χ1v) is 16.7. The van der Waals surface area contributed by atoms with Gasteiger partial charge in [0.15, 0.2) is 5.78 Å². The molecule has 10 atom stereocenters. The minimum absolute atomic E-state index is 0.0122. The maximum Gasteiger partial charge on any atom is 0.159 e. The summed E-state index contributed by atoms with van der Waals surface area (Å²) in [5.74, 6) is 1.50. The zero-order valence-electron chi connectivity index (χ0n) is 26.9. The summed E-state index contributed by atoms with van der Waals surface area (Å²) in [6, 6.07) is 0.401. The van der Waals surface area contributed by atoms with Crippen LogP contribution in [-0.4, -0.2) is 47.3 Å². The van der Waals surface area contributed by atoms with Gasteiger partial charge >= 0.3 is 0 Å². The standard InChI is InChI=1S/C36H57NO3/c1-31(2)27-11-14-36(7)30(34(27,5)13-12-28(31)39)26(38)21-24-25-22-33(4,29(40)20-23-10-9-19-37(23)8)16-15-32(25,3)17-18-35(24,36)6/h21,23,25,27-28,30,39H,9-20,22H2,1-8H3/t23?,25-,27?,28+,30?,32-,33+,34+,35-,36-/m1/s1. The van der Waals surface area contributed by atoms with E-state index in [1.807, 2.05) is 0 Å². The minimum atomic E-state index is -0.291. The van der Waals surface area contributed by atoms with Crippen LogP contribution in [0.1, 0.15) is 126 Å². The number of likely N-dealkylation sites (tertiary alicyclic amines) is 1. The van der Waals surface area contributed by atoms with Crippen LogP contribution in [0.4, 0.5) is 0 Å². The Morgan fingerprint density at radius 2 is 1.65 bits per heavy atom. The van der Waals surface area contributed by atoms with Crippen LogP contribution in [0, 0.1) is 50.2 Å². The Bertz CT molecular complexity index is 1130. The van der Waals surface area contributed by atoms with Crippen molar-refractivity contribution in [3.05, 3.63) is 11.6 Å². The van der Waals surface area contributed by atoms with Crippen molar-refractivity contribution >= 4 is 11.6 Å². The summed E-state index contributed by atoms with van der Waals surface area (Å²) < 4.78 is 0. The van der Waals surface area contributed by atoms with E-state index in [-0.39, 0.29) is 44.5 Å². The number of hydrogen-bond acceptors (Lipinski definition) is 4. The van der Waals surface area contributed by atoms with Crippen molar-refractivity contribution in [2.45, 2.75) is 138 Å². The van der Waals surface area contributed by atoms with Crippen molar-refractivity contribution in [2.75, 3.05) is 13.6 Å². The molecule has 4 heteroatoms. The summed E-state index contributed by atoms with van der Waals surface area (Å²) in [6.45, 7) is 17.7. The number of aliphatic hydroxyl groups is 1. The molecule has 1 N–H and O–H groups in total. The molecule has 6 rings (SSSR count). The lowest BCUT2D eigenvalue weighted by molar-refractivity contribution is -0.202. The molecule has 3 unspecified atom stereocenters. The summed E-state index contributed by atoms with van der Waals surface area (Å²) in [6.07, 6.45) is 14.1. The molecule has 1 aliphatic heterocycles. The highest BCUT2D eigenvalue weighted by Crippen LogP contribution is 2.75. The van der Waals surface area contributed by atoms with Crippen LogP contribution in [0.2, 0.25) is 0 Å². The molecule has 5 aliphatic carbocycles. The molecule has 0 bridgehead atoms. The lowest BCUT2D eigenvalue weighted by atomic mass is 9.33. The summed E-state index contributed by atoms with van der Waals surface area (Å²) in [7, 11) is 2.18. The van der Waals surface area contributed by atoms with E-state index < -0.39 is 0 Å². The number of carbonyl (C=O) groups excluding carboxylic acids is 2. The molecule has 224 valence electrons. The van der Waals surface area contributed by atoms with E-state index in [4.69, 9.17) is 0 Å². The maximum absolute atomic E-state index is 14.5. The monoisotopic (exact) mass is 551 g/mol. The first kappa shape index (κ1) is 29.1. The molecule has 0 amide bonds. The van der Waals surface area contributed by atoms with E-state index in [0.717, 1.165) is 64.3 Å². The van der Waals surface area contributed by atoms with Crippen LogP contribution in [0.5, 0.6) is 0 Å². The van der Waals surface area contributed by atoms with Crippen molar-refractivity contribution in [1.29, 1.82) is 0 Å². The van der Waals surface area contributed by atoms with Crippen molar-refractivity contribution in [2.24, 2.45) is 50.2 Å². The SMILES string of the molecule is CN1CCCC1CC(=O)[C@@]1(C)CC[C@]2(C)CC[C@]3(C)C(=CC(=O)C4[C@@]5(C)CC[C@H](O)C(C)(C)C5CC[C@]43C)[C@H]2C1. The number of ketones is 2. The number of aliphatic hydroxyl groups excluding tert-OH is 1. The fourth-order valence-electron chi connectivity index (χ4n) is 12.1. The Balaban J connectivity index is 1.36. The molecule has 6 aliphatic rings. The molecule has 0 radical (unpaired) electrons. The van der Waals surface area contributed by atoms with Crippen LogP contribution >= 0.6 is 0 Å². The lowest BCUT2D eigenvalue weighted by Crippen LogP contribution is -2.66. The topological polar surface area (TPSA) is 57.6 Å². The molecule has 0 aromatic carbocycles. The van der Waals surface area contributed by atoms with Gasteiger partial charge in [-0.25, -0.2) is 0 Å². The van der Waals surface area contributed by atoms with Gasteiger partial charge in [-0.2, -0.15) is 0 Å². The number of hydrogen-bond donors (Lipinski definition) is 1. The van der Waals surface area contributed by atoms with E-state index in [0.29, 0.717) is 35.9 Å². The number of Topliss-reactive ketones (excluding diaryl/α,β-unsaturated/α-hetero) is 1. The molecule has 4 nitrogen and oxygen atoms in total. The molecule has 1 heterocycles. The number of nitrogens with zero attached hydrogens (tertiary/aromatic N) is 1. The van der Waals surface area contributed by atoms with Gasteiger partial charge in [0.25, 0.3) is 0 Å². The van der Waals surface area contributed by atoms with Crippen molar-refractivity contribution in [3.8, 4) is 0 Å². The second kappa shape index (κ2) is 9.01. The fourth-order valence-corrected chi connectivity index (χ4v) is 12.1. The van der Waals surface area contributed by atoms with Crippen molar-refractivity contribution in [1.82, 2.24) is 4.90 Å². The number of allylic oxidation sites excluding steroid dienone is 2. The van der Waals surface area contributed by atoms with Gasteiger partial charge in [0, 0.05) is 23.8 Å². The summed E-state index contributed by atoms with van der Waals surface area (Å²) in [5.41, 5.74) is 0.948. The Labute approximate surface area is 244 Å². The summed E-state index contributed by atoms with van der Waals surface area (Å²) in [4.78, 5) is 30.8. The Kier molecular flexibility index (Phi) is 6.55. The summed E-state index contributed by atoms with van der Waals surface area (Å²) in [5, 5.41) is 11.0. The zero-order chi connectivity index (χ0) is 29.1. The average molecular weight is 552 g/mol. The van der Waals surface area contributed by atoms with E-state index in [1.54, 1.807) is 0 Å².